The van der Waals surface area contributed by atoms with Crippen LogP contribution in [0.5, 0.6) is 0 Å². The molecule has 0 aromatic carbocycles. The SMILES string of the molecule is CC(C)C(NC(=O)CN)C(=O)NC(CCC(=O)O)C(=O)O. The summed E-state index contributed by atoms with van der Waals surface area (Å²) in [5, 5.41) is 22.1. The molecule has 0 aromatic heterocycles. The van der Waals surface area contributed by atoms with Crippen molar-refractivity contribution in [3.8, 4) is 0 Å². The summed E-state index contributed by atoms with van der Waals surface area (Å²) in [6.07, 6.45) is -0.634. The van der Waals surface area contributed by atoms with E-state index in [4.69, 9.17) is 15.9 Å². The molecule has 0 aliphatic carbocycles. The molecule has 2 amide bonds. The number of hydrogen-bond donors (Lipinski definition) is 5. The highest BCUT2D eigenvalue weighted by Crippen LogP contribution is 2.04. The number of nitrogens with one attached hydrogen (secondary N) is 2. The van der Waals surface area contributed by atoms with E-state index in [0.717, 1.165) is 0 Å². The van der Waals surface area contributed by atoms with Crippen molar-refractivity contribution in [2.45, 2.75) is 38.8 Å². The van der Waals surface area contributed by atoms with E-state index in [1.807, 2.05) is 0 Å². The van der Waals surface area contributed by atoms with Gasteiger partial charge in [-0.15, -0.1) is 0 Å². The Balaban J connectivity index is 4.79. The normalized spacial score (nSPS) is 13.3. The summed E-state index contributed by atoms with van der Waals surface area (Å²) in [4.78, 5) is 44.7. The molecule has 21 heavy (non-hydrogen) atoms. The van der Waals surface area contributed by atoms with Crippen molar-refractivity contribution in [3.05, 3.63) is 0 Å². The van der Waals surface area contributed by atoms with Gasteiger partial charge in [0, 0.05) is 6.42 Å². The second-order valence-corrected chi connectivity index (χ2v) is 4.83. The van der Waals surface area contributed by atoms with Gasteiger partial charge in [-0.1, -0.05) is 13.8 Å². The highest BCUT2D eigenvalue weighted by molar-refractivity contribution is 5.91. The van der Waals surface area contributed by atoms with E-state index in [2.05, 4.69) is 10.6 Å². The van der Waals surface area contributed by atoms with E-state index in [1.54, 1.807) is 13.8 Å². The van der Waals surface area contributed by atoms with Crippen LogP contribution in [0.4, 0.5) is 0 Å². The molecule has 0 aliphatic rings. The summed E-state index contributed by atoms with van der Waals surface area (Å²) in [5.74, 6) is -4.01. The van der Waals surface area contributed by atoms with Crippen LogP contribution in [0.2, 0.25) is 0 Å². The van der Waals surface area contributed by atoms with E-state index in [-0.39, 0.29) is 18.9 Å². The summed E-state index contributed by atoms with van der Waals surface area (Å²) >= 11 is 0. The van der Waals surface area contributed by atoms with Crippen LogP contribution in [0.25, 0.3) is 0 Å². The van der Waals surface area contributed by atoms with Crippen molar-refractivity contribution >= 4 is 23.8 Å². The molecular formula is C12H21N3O6. The first-order chi connectivity index (χ1) is 9.68. The number of rotatable bonds is 9. The molecule has 9 nitrogen and oxygen atoms in total. The Labute approximate surface area is 121 Å². The Morgan fingerprint density at radius 2 is 1.67 bits per heavy atom. The molecule has 9 heteroatoms. The van der Waals surface area contributed by atoms with Crippen LogP contribution in [0, 0.1) is 5.92 Å². The molecule has 0 spiro atoms. The van der Waals surface area contributed by atoms with Crippen molar-refractivity contribution in [3.63, 3.8) is 0 Å². The third-order valence-electron chi connectivity index (χ3n) is 2.71. The molecule has 0 aliphatic heterocycles. The standard InChI is InChI=1S/C12H21N3O6/c1-6(2)10(15-8(16)5-13)11(19)14-7(12(20)21)3-4-9(17)18/h6-7,10H,3-5,13H2,1-2H3,(H,14,19)(H,15,16)(H,17,18)(H,20,21). The first-order valence-corrected chi connectivity index (χ1v) is 6.43. The Morgan fingerprint density at radius 3 is 2.05 bits per heavy atom. The van der Waals surface area contributed by atoms with Gasteiger partial charge in [0.1, 0.15) is 12.1 Å². The third-order valence-corrected chi connectivity index (χ3v) is 2.71. The van der Waals surface area contributed by atoms with Crippen molar-refractivity contribution in [1.82, 2.24) is 10.6 Å². The lowest BCUT2D eigenvalue weighted by molar-refractivity contribution is -0.143. The summed E-state index contributed by atoms with van der Waals surface area (Å²) < 4.78 is 0. The van der Waals surface area contributed by atoms with E-state index in [0.29, 0.717) is 0 Å². The van der Waals surface area contributed by atoms with Gasteiger partial charge in [0.25, 0.3) is 0 Å². The molecule has 0 aromatic rings. The van der Waals surface area contributed by atoms with Crippen LogP contribution in [0.15, 0.2) is 0 Å². The third kappa shape index (κ3) is 7.25. The summed E-state index contributed by atoms with van der Waals surface area (Å²) in [6, 6.07) is -2.27. The van der Waals surface area contributed by atoms with Gasteiger partial charge < -0.3 is 26.6 Å². The molecular weight excluding hydrogens is 282 g/mol. The number of carboxylic acid groups (broad SMARTS) is 2. The lowest BCUT2D eigenvalue weighted by Crippen LogP contribution is -2.54. The van der Waals surface area contributed by atoms with Crippen LogP contribution in [-0.4, -0.2) is 52.6 Å². The van der Waals surface area contributed by atoms with E-state index in [1.165, 1.54) is 0 Å². The monoisotopic (exact) mass is 303 g/mol. The fourth-order valence-corrected chi connectivity index (χ4v) is 1.55. The number of carbonyl (C=O) groups excluding carboxylic acids is 2. The lowest BCUT2D eigenvalue weighted by atomic mass is 10.0. The fraction of sp³-hybridized carbons (Fsp3) is 0.667. The first-order valence-electron chi connectivity index (χ1n) is 6.43. The van der Waals surface area contributed by atoms with Gasteiger partial charge in [0.05, 0.1) is 6.54 Å². The van der Waals surface area contributed by atoms with Gasteiger partial charge in [0.2, 0.25) is 11.8 Å². The fourth-order valence-electron chi connectivity index (χ4n) is 1.55. The zero-order valence-corrected chi connectivity index (χ0v) is 12.0. The number of amides is 2. The number of carboxylic acids is 2. The zero-order chi connectivity index (χ0) is 16.6. The number of nitrogens with two attached hydrogens (primary N) is 1. The molecule has 0 fully saturated rings. The molecule has 0 bridgehead atoms. The van der Waals surface area contributed by atoms with Crippen molar-refractivity contribution in [2.75, 3.05) is 6.54 Å². The molecule has 2 atom stereocenters. The average Bonchev–Trinajstić information content (AvgIpc) is 2.38. The minimum absolute atomic E-state index is 0.244. The minimum Gasteiger partial charge on any atom is -0.481 e. The highest BCUT2D eigenvalue weighted by Gasteiger charge is 2.28. The number of aliphatic carboxylic acids is 2. The van der Waals surface area contributed by atoms with E-state index < -0.39 is 42.3 Å². The predicted molar refractivity (Wildman–Crippen MR) is 72.3 cm³/mol. The van der Waals surface area contributed by atoms with Gasteiger partial charge in [-0.3, -0.25) is 14.4 Å². The molecule has 6 N–H and O–H groups in total. The molecule has 0 heterocycles. The first kappa shape index (κ1) is 18.8. The Morgan fingerprint density at radius 1 is 1.10 bits per heavy atom. The van der Waals surface area contributed by atoms with Gasteiger partial charge in [0.15, 0.2) is 0 Å². The van der Waals surface area contributed by atoms with Crippen molar-refractivity contribution < 1.29 is 29.4 Å². The lowest BCUT2D eigenvalue weighted by Gasteiger charge is -2.23. The molecule has 120 valence electrons. The van der Waals surface area contributed by atoms with Gasteiger partial charge in [-0.2, -0.15) is 0 Å². The van der Waals surface area contributed by atoms with Crippen LogP contribution in [-0.2, 0) is 19.2 Å². The Bertz CT molecular complexity index is 410. The molecule has 0 rings (SSSR count). The van der Waals surface area contributed by atoms with Crippen LogP contribution < -0.4 is 16.4 Å². The maximum Gasteiger partial charge on any atom is 0.326 e. The Kier molecular flexibility index (Phi) is 7.99. The number of carbonyl (C=O) groups is 4. The smallest absolute Gasteiger partial charge is 0.326 e. The zero-order valence-electron chi connectivity index (χ0n) is 12.0. The minimum atomic E-state index is -1.34. The summed E-state index contributed by atoms with van der Waals surface area (Å²) in [5.41, 5.74) is 5.15. The topological polar surface area (TPSA) is 159 Å². The molecule has 0 saturated heterocycles. The Hall–Kier alpha value is -2.16. The predicted octanol–water partition coefficient (Wildman–Crippen LogP) is -1.48. The largest absolute Gasteiger partial charge is 0.481 e. The van der Waals surface area contributed by atoms with Crippen molar-refractivity contribution in [2.24, 2.45) is 11.7 Å². The number of hydrogen-bond acceptors (Lipinski definition) is 5. The van der Waals surface area contributed by atoms with Crippen LogP contribution in [0.1, 0.15) is 26.7 Å². The highest BCUT2D eigenvalue weighted by atomic mass is 16.4. The maximum absolute atomic E-state index is 12.0. The van der Waals surface area contributed by atoms with E-state index in [9.17, 15) is 19.2 Å². The van der Waals surface area contributed by atoms with Crippen LogP contribution in [0.3, 0.4) is 0 Å². The van der Waals surface area contributed by atoms with Gasteiger partial charge in [-0.05, 0) is 12.3 Å². The molecule has 2 unspecified atom stereocenters. The quantitative estimate of drug-likeness (QED) is 0.347. The molecule has 0 saturated carbocycles. The summed E-state index contributed by atoms with van der Waals surface area (Å²) in [7, 11) is 0. The van der Waals surface area contributed by atoms with E-state index >= 15 is 0 Å². The average molecular weight is 303 g/mol. The van der Waals surface area contributed by atoms with Gasteiger partial charge >= 0.3 is 11.9 Å². The van der Waals surface area contributed by atoms with Crippen LogP contribution >= 0.6 is 0 Å². The molecule has 0 radical (unpaired) electrons. The summed E-state index contributed by atoms with van der Waals surface area (Å²) in [6.45, 7) is 3.06. The maximum atomic E-state index is 12.0. The van der Waals surface area contributed by atoms with Gasteiger partial charge in [-0.25, -0.2) is 4.79 Å². The second-order valence-electron chi connectivity index (χ2n) is 4.83. The second kappa shape index (κ2) is 8.90. The van der Waals surface area contributed by atoms with Crippen molar-refractivity contribution in [1.29, 1.82) is 0 Å².